The molecule has 0 spiro atoms. The first kappa shape index (κ1) is 24.5. The Labute approximate surface area is 195 Å². The summed E-state index contributed by atoms with van der Waals surface area (Å²) < 4.78 is 84.6. The van der Waals surface area contributed by atoms with Gasteiger partial charge < -0.3 is 9.80 Å². The van der Waals surface area contributed by atoms with Crippen molar-refractivity contribution in [2.75, 3.05) is 25.4 Å². The van der Waals surface area contributed by atoms with E-state index >= 15 is 8.78 Å². The number of nitrogens with zero attached hydrogens (tertiary/aromatic N) is 2. The Morgan fingerprint density at radius 2 is 1.79 bits per heavy atom. The van der Waals surface area contributed by atoms with Crippen LogP contribution >= 0.6 is 0 Å². The predicted molar refractivity (Wildman–Crippen MR) is 119 cm³/mol. The van der Waals surface area contributed by atoms with Gasteiger partial charge in [-0.05, 0) is 43.0 Å². The molecule has 1 N–H and O–H groups in total. The lowest BCUT2D eigenvalue weighted by Crippen LogP contribution is -2.55. The van der Waals surface area contributed by atoms with Crippen LogP contribution < -0.4 is 4.72 Å². The predicted octanol–water partition coefficient (Wildman–Crippen LogP) is 3.47. The normalized spacial score (nSPS) is 22.7. The molecule has 2 aliphatic rings. The summed E-state index contributed by atoms with van der Waals surface area (Å²) in [6, 6.07) is 4.27. The Balaban J connectivity index is 1.69. The molecule has 2 fully saturated rings. The average Bonchev–Trinajstić information content (AvgIpc) is 3.02. The van der Waals surface area contributed by atoms with Crippen LogP contribution in [0.1, 0.15) is 18.9 Å². The summed E-state index contributed by atoms with van der Waals surface area (Å²) >= 11 is 0. The summed E-state index contributed by atoms with van der Waals surface area (Å²) in [7, 11) is -3.81. The van der Waals surface area contributed by atoms with Gasteiger partial charge in [-0.25, -0.2) is 35.5 Å². The van der Waals surface area contributed by atoms with E-state index in [9.17, 15) is 22.0 Å². The molecular weight excluding hydrogens is 474 g/mol. The second kappa shape index (κ2) is 9.53. The third kappa shape index (κ3) is 4.90. The number of sulfonamides is 1. The highest BCUT2D eigenvalue weighted by atomic mass is 32.2. The van der Waals surface area contributed by atoms with Gasteiger partial charge in [0.05, 0.1) is 24.4 Å². The third-order valence-corrected chi connectivity index (χ3v) is 7.72. The molecule has 0 unspecified atom stereocenters. The highest BCUT2D eigenvalue weighted by Crippen LogP contribution is 2.31. The number of halogens is 4. The Bertz CT molecular complexity index is 1170. The quantitative estimate of drug-likeness (QED) is 0.619. The first-order valence-electron chi connectivity index (χ1n) is 11.0. The molecule has 6 nitrogen and oxygen atoms in total. The van der Waals surface area contributed by atoms with Crippen LogP contribution in [0.25, 0.3) is 11.1 Å². The number of amides is 2. The molecule has 11 heteroatoms. The van der Waals surface area contributed by atoms with Crippen LogP contribution in [0.4, 0.5) is 22.4 Å². The van der Waals surface area contributed by atoms with Gasteiger partial charge in [0, 0.05) is 24.7 Å². The van der Waals surface area contributed by atoms with Crippen LogP contribution in [-0.4, -0.2) is 67.9 Å². The fourth-order valence-corrected chi connectivity index (χ4v) is 5.24. The smallest absolute Gasteiger partial charge is 0.320 e. The number of urea groups is 1. The molecule has 2 aromatic carbocycles. The summed E-state index contributed by atoms with van der Waals surface area (Å²) in [5.74, 6) is -2.78. The van der Waals surface area contributed by atoms with Crippen molar-refractivity contribution in [3.05, 3.63) is 59.4 Å². The lowest BCUT2D eigenvalue weighted by Gasteiger charge is -2.37. The van der Waals surface area contributed by atoms with Gasteiger partial charge in [-0.3, -0.25) is 0 Å². The lowest BCUT2D eigenvalue weighted by molar-refractivity contribution is 0.119. The van der Waals surface area contributed by atoms with Crippen LogP contribution in [0.5, 0.6) is 0 Å². The molecule has 2 saturated heterocycles. The van der Waals surface area contributed by atoms with Gasteiger partial charge in [-0.1, -0.05) is 18.2 Å². The van der Waals surface area contributed by atoms with Crippen LogP contribution in [-0.2, 0) is 16.4 Å². The molecule has 2 aliphatic heterocycles. The van der Waals surface area contributed by atoms with Gasteiger partial charge in [-0.15, -0.1) is 0 Å². The molecule has 0 aliphatic carbocycles. The molecule has 0 aromatic heterocycles. The summed E-state index contributed by atoms with van der Waals surface area (Å²) in [5.41, 5.74) is 0.00349. The maximum absolute atomic E-state index is 15.5. The van der Waals surface area contributed by atoms with Gasteiger partial charge in [-0.2, -0.15) is 0 Å². The number of benzene rings is 2. The lowest BCUT2D eigenvalue weighted by atomic mass is 9.95. The molecule has 34 heavy (non-hydrogen) atoms. The third-order valence-electron chi connectivity index (χ3n) is 6.32. The number of hydrogen-bond donors (Lipinski definition) is 1. The molecule has 0 saturated carbocycles. The average molecular weight is 500 g/mol. The monoisotopic (exact) mass is 499 g/mol. The van der Waals surface area contributed by atoms with Crippen molar-refractivity contribution in [2.24, 2.45) is 0 Å². The number of carbonyl (C=O) groups is 1. The second-order valence-corrected chi connectivity index (χ2v) is 10.6. The number of alkyl halides is 1. The van der Waals surface area contributed by atoms with Crippen LogP contribution in [0, 0.1) is 17.5 Å². The van der Waals surface area contributed by atoms with Crippen LogP contribution in [0.15, 0.2) is 36.4 Å². The van der Waals surface area contributed by atoms with Gasteiger partial charge >= 0.3 is 6.03 Å². The number of rotatable bonds is 6. The standard InChI is InChI=1S/C23H25F4N3O3S/c1-2-34(32,33)28-22-19(26)13-30(23(31)29-7-4-8-29)20(22)11-14-5-3-6-18(21(14)27)15-9-16(24)12-17(25)10-15/h3,5-6,9-10,12,19-20,22,28H,2,4,7-8,11,13H2,1H3/t19-,20-,22-/m0/s1. The highest BCUT2D eigenvalue weighted by molar-refractivity contribution is 7.89. The van der Waals surface area contributed by atoms with E-state index in [1.165, 1.54) is 34.9 Å². The van der Waals surface area contributed by atoms with Gasteiger partial charge in [0.1, 0.15) is 23.6 Å². The van der Waals surface area contributed by atoms with Gasteiger partial charge in [0.2, 0.25) is 10.0 Å². The zero-order valence-corrected chi connectivity index (χ0v) is 19.3. The van der Waals surface area contributed by atoms with Gasteiger partial charge in [0.25, 0.3) is 0 Å². The van der Waals surface area contributed by atoms with E-state index in [4.69, 9.17) is 0 Å². The Morgan fingerprint density at radius 3 is 2.38 bits per heavy atom. The first-order valence-corrected chi connectivity index (χ1v) is 12.7. The van der Waals surface area contributed by atoms with Crippen LogP contribution in [0.2, 0.25) is 0 Å². The van der Waals surface area contributed by atoms with E-state index < -0.39 is 51.8 Å². The van der Waals surface area contributed by atoms with Crippen molar-refractivity contribution in [3.8, 4) is 11.1 Å². The van der Waals surface area contributed by atoms with E-state index in [1.807, 2.05) is 0 Å². The maximum atomic E-state index is 15.5. The van der Waals surface area contributed by atoms with E-state index in [1.54, 1.807) is 0 Å². The van der Waals surface area contributed by atoms with Crippen molar-refractivity contribution >= 4 is 16.1 Å². The van der Waals surface area contributed by atoms with E-state index in [0.717, 1.165) is 18.6 Å². The summed E-state index contributed by atoms with van der Waals surface area (Å²) in [6.45, 7) is 2.11. The zero-order valence-electron chi connectivity index (χ0n) is 18.5. The second-order valence-electron chi connectivity index (χ2n) is 8.55. The van der Waals surface area contributed by atoms with Crippen molar-refractivity contribution in [1.29, 1.82) is 0 Å². The molecule has 2 aromatic rings. The molecule has 2 amide bonds. The fraction of sp³-hybridized carbons (Fsp3) is 0.435. The summed E-state index contributed by atoms with van der Waals surface area (Å²) in [5, 5.41) is 0. The minimum atomic E-state index is -3.81. The molecule has 0 bridgehead atoms. The molecule has 4 rings (SSSR count). The molecule has 3 atom stereocenters. The summed E-state index contributed by atoms with van der Waals surface area (Å²) in [6.07, 6.45) is -1.05. The molecule has 0 radical (unpaired) electrons. The number of hydrogen-bond acceptors (Lipinski definition) is 3. The van der Waals surface area contributed by atoms with Crippen molar-refractivity contribution in [1.82, 2.24) is 14.5 Å². The molecule has 2 heterocycles. The van der Waals surface area contributed by atoms with Crippen molar-refractivity contribution in [3.63, 3.8) is 0 Å². The SMILES string of the molecule is CCS(=O)(=O)N[C@H]1[C@@H](F)CN(C(=O)N2CCC2)[C@H]1Cc1cccc(-c2cc(F)cc(F)c2)c1F. The van der Waals surface area contributed by atoms with Gasteiger partial charge in [0.15, 0.2) is 0 Å². The number of carbonyl (C=O) groups excluding carboxylic acids is 1. The van der Waals surface area contributed by atoms with Crippen LogP contribution in [0.3, 0.4) is 0 Å². The Morgan fingerprint density at radius 1 is 1.12 bits per heavy atom. The zero-order chi connectivity index (χ0) is 24.6. The Kier molecular flexibility index (Phi) is 6.86. The fourth-order valence-electron chi connectivity index (χ4n) is 4.36. The largest absolute Gasteiger partial charge is 0.325 e. The maximum Gasteiger partial charge on any atom is 0.320 e. The first-order chi connectivity index (χ1) is 16.1. The van der Waals surface area contributed by atoms with Crippen molar-refractivity contribution < 1.29 is 30.8 Å². The number of nitrogens with one attached hydrogen (secondary N) is 1. The summed E-state index contributed by atoms with van der Waals surface area (Å²) in [4.78, 5) is 15.7. The molecule has 184 valence electrons. The number of likely N-dealkylation sites (tertiary alicyclic amines) is 2. The Hall–Kier alpha value is -2.66. The van der Waals surface area contributed by atoms with E-state index in [-0.39, 0.29) is 35.4 Å². The van der Waals surface area contributed by atoms with Crippen molar-refractivity contribution in [2.45, 2.75) is 38.0 Å². The topological polar surface area (TPSA) is 69.7 Å². The van der Waals surface area contributed by atoms with E-state index in [0.29, 0.717) is 19.2 Å². The minimum absolute atomic E-state index is 0.0108. The minimum Gasteiger partial charge on any atom is -0.325 e. The molecular formula is C23H25F4N3O3S. The van der Waals surface area contributed by atoms with E-state index in [2.05, 4.69) is 4.72 Å². The highest BCUT2D eigenvalue weighted by Gasteiger charge is 2.47.